The number of hydrogen-bond donors (Lipinski definition) is 0. The zero-order valence-electron chi connectivity index (χ0n) is 30.7. The predicted octanol–water partition coefficient (Wildman–Crippen LogP) is 4.23. The molecule has 0 aromatic rings. The van der Waals surface area contributed by atoms with E-state index in [0.29, 0.717) is 0 Å². The van der Waals surface area contributed by atoms with E-state index >= 15 is 0 Å². The molecule has 0 bridgehead atoms. The highest BCUT2D eigenvalue weighted by atomic mass is 28.5. The van der Waals surface area contributed by atoms with Crippen molar-refractivity contribution in [3.63, 3.8) is 0 Å². The second-order valence-corrected chi connectivity index (χ2v) is 40.9. The van der Waals surface area contributed by atoms with Gasteiger partial charge in [0.25, 0.3) is 37.1 Å². The summed E-state index contributed by atoms with van der Waals surface area (Å²) in [6.07, 6.45) is 0. The smallest absolute Gasteiger partial charge is 0.331 e. The molecule has 2 rings (SSSR count). The third kappa shape index (κ3) is 26.3. The van der Waals surface area contributed by atoms with Crippen molar-refractivity contribution in [2.75, 3.05) is 27.4 Å². The highest BCUT2D eigenvalue weighted by Crippen LogP contribution is 2.30. The molecule has 2 aliphatic rings. The largest absolute Gasteiger partial charge is 0.420 e. The van der Waals surface area contributed by atoms with E-state index in [0.717, 1.165) is 13.2 Å². The molecule has 0 aromatic carbocycles. The van der Waals surface area contributed by atoms with E-state index in [1.165, 1.54) is 0 Å². The van der Waals surface area contributed by atoms with Gasteiger partial charge >= 0.3 is 52.1 Å². The summed E-state index contributed by atoms with van der Waals surface area (Å²) >= 11 is 0. The Balaban J connectivity index is 0. The van der Waals surface area contributed by atoms with Gasteiger partial charge in [0.2, 0.25) is 0 Å². The van der Waals surface area contributed by atoms with Crippen LogP contribution in [0.25, 0.3) is 0 Å². The average Bonchev–Trinajstić information content (AvgIpc) is 2.75. The van der Waals surface area contributed by atoms with Gasteiger partial charge < -0.3 is 50.6 Å². The van der Waals surface area contributed by atoms with Crippen LogP contribution in [0.15, 0.2) is 0 Å². The Morgan fingerprint density at radius 2 is 0.744 bits per heavy atom. The fourth-order valence-corrected chi connectivity index (χ4v) is 38.5. The van der Waals surface area contributed by atoms with Crippen molar-refractivity contribution >= 4 is 89.2 Å². The molecule has 12 nitrogen and oxygen atoms in total. The summed E-state index contributed by atoms with van der Waals surface area (Å²) < 4.78 is 67.7. The SMILES string of the molecule is CCO[SiH](C)OCC.CO[Si](C)(C)OC.C[SiH]1O[SiH](C)O[SiH](C)O[SiH](C)O1.C[Si]1(C)O[Si](C)(C)O[Si](C)(C)O[Si](C)(C)O1. The molecule has 2 saturated heterocycles. The summed E-state index contributed by atoms with van der Waals surface area (Å²) in [5.41, 5.74) is 0. The Morgan fingerprint density at radius 3 is 0.884 bits per heavy atom. The summed E-state index contributed by atoms with van der Waals surface area (Å²) in [6, 6.07) is 0. The van der Waals surface area contributed by atoms with Crippen LogP contribution in [0.3, 0.4) is 0 Å². The van der Waals surface area contributed by atoms with E-state index in [1.807, 2.05) is 59.7 Å². The van der Waals surface area contributed by atoms with Crippen LogP contribution < -0.4 is 0 Å². The maximum atomic E-state index is 6.16. The minimum absolute atomic E-state index is 0.785. The van der Waals surface area contributed by atoms with Crippen molar-refractivity contribution in [2.24, 2.45) is 0 Å². The minimum Gasteiger partial charge on any atom is -0.420 e. The predicted molar refractivity (Wildman–Crippen MR) is 198 cm³/mol. The van der Waals surface area contributed by atoms with Crippen molar-refractivity contribution in [2.45, 2.75) is 112 Å². The maximum absolute atomic E-state index is 6.16. The molecule has 0 spiro atoms. The molecular weight excluding hydrogens is 725 g/mol. The lowest BCUT2D eigenvalue weighted by molar-refractivity contribution is 0.219. The molecule has 43 heavy (non-hydrogen) atoms. The lowest BCUT2D eigenvalue weighted by atomic mass is 10.9. The first-order valence-corrected chi connectivity index (χ1v) is 39.7. The molecule has 2 aliphatic heterocycles. The van der Waals surface area contributed by atoms with E-state index in [-0.39, 0.29) is 0 Å². The third-order valence-electron chi connectivity index (χ3n) is 5.29. The average molecular weight is 792 g/mol. The fraction of sp³-hybridized carbons (Fsp3) is 1.00. The molecule has 22 heteroatoms. The molecule has 0 aliphatic carbocycles. The van der Waals surface area contributed by atoms with Gasteiger partial charge in [-0.05, 0) is 112 Å². The van der Waals surface area contributed by atoms with E-state index in [2.05, 4.69) is 52.4 Å². The molecular formula is C21H66O12Si10. The molecule has 262 valence electrons. The second kappa shape index (κ2) is 21.6. The topological polar surface area (TPSA) is 111 Å². The third-order valence-corrected chi connectivity index (χ3v) is 36.9. The van der Waals surface area contributed by atoms with Crippen molar-refractivity contribution in [1.29, 1.82) is 0 Å². The minimum atomic E-state index is -2.11. The van der Waals surface area contributed by atoms with Crippen LogP contribution in [0.2, 0.25) is 98.2 Å². The summed E-state index contributed by atoms with van der Waals surface area (Å²) in [4.78, 5) is 0. The monoisotopic (exact) mass is 790 g/mol. The molecule has 0 N–H and O–H groups in total. The summed E-state index contributed by atoms with van der Waals surface area (Å²) in [5, 5.41) is 0. The Labute approximate surface area is 278 Å². The lowest BCUT2D eigenvalue weighted by Gasteiger charge is -2.46. The zero-order chi connectivity index (χ0) is 34.3. The maximum Gasteiger partial charge on any atom is 0.331 e. The summed E-state index contributed by atoms with van der Waals surface area (Å²) in [6.45, 7) is 36.3. The van der Waals surface area contributed by atoms with Gasteiger partial charge in [-0.2, -0.15) is 0 Å². The Bertz CT molecular complexity index is 615. The van der Waals surface area contributed by atoms with Crippen molar-refractivity contribution in [3.8, 4) is 0 Å². The first kappa shape index (κ1) is 46.8. The first-order valence-electron chi connectivity index (χ1n) is 15.1. The van der Waals surface area contributed by atoms with Gasteiger partial charge in [0.15, 0.2) is 0 Å². The standard InChI is InChI=1S/C8H24O4Si4.C5H14O2Si.C4H16O4Si4.C4H12O2Si/c1-13(2)9-14(3,4)11-16(7,8)12-15(5,6)10-13;1-4-6-8(3)7-5-2;1-9-5-10(2)7-12(4)8-11(3)6-9;1-5-7(3,4)6-2/h1-8H3;8H,4-5H2,1-3H3;9-12H,1-4H3;1-4H3. The molecule has 2 heterocycles. The van der Waals surface area contributed by atoms with Crippen molar-refractivity contribution in [3.05, 3.63) is 0 Å². The van der Waals surface area contributed by atoms with Crippen LogP contribution >= 0.6 is 0 Å². The molecule has 0 unspecified atom stereocenters. The highest BCUT2D eigenvalue weighted by molar-refractivity contribution is 6.92. The summed E-state index contributed by atoms with van der Waals surface area (Å²) in [5.74, 6) is 0. The second-order valence-electron chi connectivity index (χ2n) is 12.1. The van der Waals surface area contributed by atoms with Crippen LogP contribution in [0.1, 0.15) is 13.8 Å². The van der Waals surface area contributed by atoms with Gasteiger partial charge in [0.05, 0.1) is 0 Å². The fourth-order valence-electron chi connectivity index (χ4n) is 4.26. The van der Waals surface area contributed by atoms with Gasteiger partial charge in [-0.3, -0.25) is 0 Å². The molecule has 0 saturated carbocycles. The van der Waals surface area contributed by atoms with E-state index in [1.54, 1.807) is 14.2 Å². The number of rotatable bonds is 6. The Hall–Kier alpha value is 1.69. The Morgan fingerprint density at radius 1 is 0.535 bits per heavy atom. The Kier molecular flexibility index (Phi) is 23.5. The van der Waals surface area contributed by atoms with E-state index < -0.39 is 89.2 Å². The van der Waals surface area contributed by atoms with Gasteiger partial charge in [-0.1, -0.05) is 0 Å². The van der Waals surface area contributed by atoms with E-state index in [9.17, 15) is 0 Å². The zero-order valence-corrected chi connectivity index (χ0v) is 41.5. The molecule has 0 atom stereocenters. The molecule has 0 radical (unpaired) electrons. The number of hydrogen-bond acceptors (Lipinski definition) is 12. The molecule has 0 aromatic heterocycles. The van der Waals surface area contributed by atoms with Crippen LogP contribution in [0.5, 0.6) is 0 Å². The van der Waals surface area contributed by atoms with Crippen LogP contribution in [-0.2, 0) is 50.6 Å². The van der Waals surface area contributed by atoms with Crippen molar-refractivity contribution in [1.82, 2.24) is 0 Å². The quantitative estimate of drug-likeness (QED) is 0.360. The normalized spacial score (nSPS) is 28.2. The summed E-state index contributed by atoms with van der Waals surface area (Å²) in [7, 11) is -13.6. The highest BCUT2D eigenvalue weighted by Gasteiger charge is 2.50. The van der Waals surface area contributed by atoms with Gasteiger partial charge in [0, 0.05) is 27.4 Å². The van der Waals surface area contributed by atoms with Gasteiger partial charge in [-0.25, -0.2) is 0 Å². The van der Waals surface area contributed by atoms with Gasteiger partial charge in [-0.15, -0.1) is 0 Å². The van der Waals surface area contributed by atoms with Crippen molar-refractivity contribution < 1.29 is 50.6 Å². The van der Waals surface area contributed by atoms with Crippen LogP contribution in [0, 0.1) is 0 Å². The molecule has 0 amide bonds. The molecule has 2 fully saturated rings. The van der Waals surface area contributed by atoms with Crippen LogP contribution in [-0.4, -0.2) is 117 Å². The van der Waals surface area contributed by atoms with E-state index in [4.69, 9.17) is 50.6 Å². The first-order chi connectivity index (χ1) is 19.3. The van der Waals surface area contributed by atoms with Crippen LogP contribution in [0.4, 0.5) is 0 Å². The van der Waals surface area contributed by atoms with Gasteiger partial charge in [0.1, 0.15) is 0 Å². The lowest BCUT2D eigenvalue weighted by Crippen LogP contribution is -2.64.